The second-order valence-corrected chi connectivity index (χ2v) is 10.6. The van der Waals surface area contributed by atoms with Gasteiger partial charge in [-0.2, -0.15) is 0 Å². The average molecular weight is 495 g/mol. The maximum atomic E-state index is 13.1. The second kappa shape index (κ2) is 10.8. The summed E-state index contributed by atoms with van der Waals surface area (Å²) in [5.74, 6) is -3.46. The van der Waals surface area contributed by atoms with Gasteiger partial charge in [0.05, 0.1) is 11.8 Å². The van der Waals surface area contributed by atoms with Gasteiger partial charge in [0, 0.05) is 5.41 Å². The fourth-order valence-electron chi connectivity index (χ4n) is 6.74. The number of hydrogen-bond acceptors (Lipinski definition) is 2. The highest BCUT2D eigenvalue weighted by atomic mass is 16.4. The molecule has 2 aliphatic carbocycles. The Morgan fingerprint density at radius 3 is 1.78 bits per heavy atom. The molecule has 1 saturated carbocycles. The standard InChI is InChI=1S/C33H34O4/c34-31(35)28(21-23-11-4-1-5-12-23)33(29(32(36)37)22-24-13-6-2-7-14-24)20-19-26-17-10-18-27(30(26)33)25-15-8-3-9-16-25/h1-2,4-7,10-14,17-20,25,28-29H,3,8-9,15-16,21-22H2,(H,34,35)(H,36,37). The first kappa shape index (κ1) is 25.0. The Morgan fingerprint density at radius 2 is 1.27 bits per heavy atom. The van der Waals surface area contributed by atoms with E-state index in [9.17, 15) is 19.8 Å². The molecule has 0 aromatic heterocycles. The van der Waals surface area contributed by atoms with Gasteiger partial charge in [0.15, 0.2) is 0 Å². The van der Waals surface area contributed by atoms with Crippen LogP contribution in [0.5, 0.6) is 0 Å². The van der Waals surface area contributed by atoms with Crippen LogP contribution in [0.4, 0.5) is 0 Å². The largest absolute Gasteiger partial charge is 0.481 e. The van der Waals surface area contributed by atoms with Crippen molar-refractivity contribution in [2.24, 2.45) is 11.8 Å². The Kier molecular flexibility index (Phi) is 7.27. The van der Waals surface area contributed by atoms with Gasteiger partial charge in [-0.1, -0.05) is 110 Å². The molecular weight excluding hydrogens is 460 g/mol. The third kappa shape index (κ3) is 4.85. The molecule has 0 bridgehead atoms. The maximum Gasteiger partial charge on any atom is 0.308 e. The lowest BCUT2D eigenvalue weighted by molar-refractivity contribution is -0.149. The zero-order chi connectivity index (χ0) is 25.8. The van der Waals surface area contributed by atoms with Crippen LogP contribution in [0.25, 0.3) is 6.08 Å². The molecule has 2 unspecified atom stereocenters. The van der Waals surface area contributed by atoms with E-state index in [0.717, 1.165) is 53.5 Å². The van der Waals surface area contributed by atoms with E-state index < -0.39 is 29.2 Å². The molecule has 0 saturated heterocycles. The van der Waals surface area contributed by atoms with Crippen LogP contribution in [0.15, 0.2) is 84.9 Å². The number of carbonyl (C=O) groups is 2. The van der Waals surface area contributed by atoms with Crippen molar-refractivity contribution in [1.29, 1.82) is 0 Å². The van der Waals surface area contributed by atoms with Crippen molar-refractivity contribution in [2.75, 3.05) is 0 Å². The summed E-state index contributed by atoms with van der Waals surface area (Å²) in [5, 5.41) is 21.5. The van der Waals surface area contributed by atoms with E-state index >= 15 is 0 Å². The molecule has 0 amide bonds. The van der Waals surface area contributed by atoms with Gasteiger partial charge in [-0.3, -0.25) is 9.59 Å². The molecule has 4 nitrogen and oxygen atoms in total. The van der Waals surface area contributed by atoms with E-state index in [-0.39, 0.29) is 12.8 Å². The number of benzene rings is 3. The van der Waals surface area contributed by atoms with Crippen molar-refractivity contribution in [1.82, 2.24) is 0 Å². The highest BCUT2D eigenvalue weighted by molar-refractivity contribution is 5.84. The lowest BCUT2D eigenvalue weighted by Crippen LogP contribution is -2.49. The van der Waals surface area contributed by atoms with Crippen LogP contribution in [0, 0.1) is 11.8 Å². The molecule has 3 aromatic rings. The van der Waals surface area contributed by atoms with E-state index in [1.165, 1.54) is 6.42 Å². The summed E-state index contributed by atoms with van der Waals surface area (Å²) in [6.07, 6.45) is 10.0. The number of aliphatic carboxylic acids is 2. The van der Waals surface area contributed by atoms with E-state index in [0.29, 0.717) is 5.92 Å². The minimum absolute atomic E-state index is 0.261. The zero-order valence-corrected chi connectivity index (χ0v) is 21.1. The van der Waals surface area contributed by atoms with Gasteiger partial charge in [-0.25, -0.2) is 0 Å². The van der Waals surface area contributed by atoms with Crippen LogP contribution in [-0.4, -0.2) is 22.2 Å². The normalized spacial score (nSPS) is 20.8. The fraction of sp³-hybridized carbons (Fsp3) is 0.333. The van der Waals surface area contributed by atoms with E-state index in [1.54, 1.807) is 0 Å². The molecule has 2 atom stereocenters. The molecule has 2 aliphatic rings. The first-order valence-corrected chi connectivity index (χ1v) is 13.4. The highest BCUT2D eigenvalue weighted by Gasteiger charge is 2.55. The topological polar surface area (TPSA) is 74.6 Å². The number of carboxylic acid groups (broad SMARTS) is 2. The number of carboxylic acids is 2. The Morgan fingerprint density at radius 1 is 0.730 bits per heavy atom. The Balaban J connectivity index is 1.72. The molecule has 0 radical (unpaired) electrons. The molecule has 190 valence electrons. The monoisotopic (exact) mass is 494 g/mol. The van der Waals surface area contributed by atoms with Crippen LogP contribution in [-0.2, 0) is 27.8 Å². The van der Waals surface area contributed by atoms with Gasteiger partial charge < -0.3 is 10.2 Å². The summed E-state index contributed by atoms with van der Waals surface area (Å²) in [5.41, 5.74) is 3.65. The molecule has 3 aromatic carbocycles. The SMILES string of the molecule is O=C(O)C(Cc1ccccc1)C1(C(Cc2ccccc2)C(=O)O)C=Cc2cccc(C3CCCCC3)c21. The molecule has 0 heterocycles. The molecule has 5 rings (SSSR count). The number of rotatable bonds is 9. The quantitative estimate of drug-likeness (QED) is 0.340. The van der Waals surface area contributed by atoms with Gasteiger partial charge in [-0.15, -0.1) is 0 Å². The van der Waals surface area contributed by atoms with Crippen molar-refractivity contribution in [3.63, 3.8) is 0 Å². The van der Waals surface area contributed by atoms with Gasteiger partial charge in [-0.05, 0) is 59.4 Å². The van der Waals surface area contributed by atoms with Crippen LogP contribution in [0.3, 0.4) is 0 Å². The maximum absolute atomic E-state index is 13.1. The first-order chi connectivity index (χ1) is 18.0. The summed E-state index contributed by atoms with van der Waals surface area (Å²) in [7, 11) is 0. The van der Waals surface area contributed by atoms with Crippen LogP contribution in [0.2, 0.25) is 0 Å². The summed E-state index contributed by atoms with van der Waals surface area (Å²) < 4.78 is 0. The van der Waals surface area contributed by atoms with E-state index in [4.69, 9.17) is 0 Å². The minimum Gasteiger partial charge on any atom is -0.481 e. The van der Waals surface area contributed by atoms with Gasteiger partial charge in [0.25, 0.3) is 0 Å². The fourth-order valence-corrected chi connectivity index (χ4v) is 6.74. The lowest BCUT2D eigenvalue weighted by atomic mass is 9.58. The van der Waals surface area contributed by atoms with Gasteiger partial charge >= 0.3 is 11.9 Å². The molecule has 37 heavy (non-hydrogen) atoms. The molecular formula is C33H34O4. The van der Waals surface area contributed by atoms with Crippen molar-refractivity contribution in [3.05, 3.63) is 113 Å². The Bertz CT molecular complexity index is 1210. The third-order valence-corrected chi connectivity index (χ3v) is 8.46. The Hall–Kier alpha value is -3.66. The second-order valence-electron chi connectivity index (χ2n) is 10.6. The molecule has 0 spiro atoms. The van der Waals surface area contributed by atoms with Crippen molar-refractivity contribution in [3.8, 4) is 0 Å². The zero-order valence-electron chi connectivity index (χ0n) is 21.1. The van der Waals surface area contributed by atoms with Crippen molar-refractivity contribution < 1.29 is 19.8 Å². The minimum atomic E-state index is -1.17. The Labute approximate surface area is 218 Å². The number of fused-ring (bicyclic) bond motifs is 1. The van der Waals surface area contributed by atoms with Gasteiger partial charge in [0.1, 0.15) is 0 Å². The first-order valence-electron chi connectivity index (χ1n) is 13.4. The van der Waals surface area contributed by atoms with Crippen molar-refractivity contribution in [2.45, 2.75) is 56.3 Å². The highest BCUT2D eigenvalue weighted by Crippen LogP contribution is 2.53. The predicted octanol–water partition coefficient (Wildman–Crippen LogP) is 6.89. The van der Waals surface area contributed by atoms with Crippen molar-refractivity contribution >= 4 is 18.0 Å². The van der Waals surface area contributed by atoms with Crippen LogP contribution >= 0.6 is 0 Å². The predicted molar refractivity (Wildman–Crippen MR) is 146 cm³/mol. The van der Waals surface area contributed by atoms with Crippen LogP contribution < -0.4 is 0 Å². The molecule has 2 N–H and O–H groups in total. The molecule has 1 fully saturated rings. The van der Waals surface area contributed by atoms with Gasteiger partial charge in [0.2, 0.25) is 0 Å². The van der Waals surface area contributed by atoms with E-state index in [1.807, 2.05) is 84.9 Å². The van der Waals surface area contributed by atoms with E-state index in [2.05, 4.69) is 6.07 Å². The van der Waals surface area contributed by atoms with Crippen LogP contribution in [0.1, 0.15) is 65.8 Å². The summed E-state index contributed by atoms with van der Waals surface area (Å²) in [6, 6.07) is 25.4. The number of hydrogen-bond donors (Lipinski definition) is 2. The summed E-state index contributed by atoms with van der Waals surface area (Å²) in [4.78, 5) is 26.3. The molecule has 0 aliphatic heterocycles. The molecule has 4 heteroatoms. The lowest BCUT2D eigenvalue weighted by Gasteiger charge is -2.42. The summed E-state index contributed by atoms with van der Waals surface area (Å²) in [6.45, 7) is 0. The average Bonchev–Trinajstić information content (AvgIpc) is 3.32. The summed E-state index contributed by atoms with van der Waals surface area (Å²) >= 11 is 0. The number of allylic oxidation sites excluding steroid dienone is 1. The smallest absolute Gasteiger partial charge is 0.308 e. The third-order valence-electron chi connectivity index (χ3n) is 8.46.